The van der Waals surface area contributed by atoms with Crippen molar-refractivity contribution in [2.75, 3.05) is 6.79 Å². The minimum atomic E-state index is -1.41. The zero-order chi connectivity index (χ0) is 27.4. The average molecular weight is 522 g/mol. The molecule has 0 aromatic heterocycles. The Hall–Kier alpha value is -3.68. The molecule has 7 heteroatoms. The van der Waals surface area contributed by atoms with Gasteiger partial charge in [-0.1, -0.05) is 85.9 Å². The number of allylic oxidation sites excluding steroid dienone is 11. The number of ether oxygens (including phenoxy) is 3. The third-order valence-electron chi connectivity index (χ3n) is 5.45. The molecule has 0 fully saturated rings. The molecule has 0 saturated heterocycles. The standard InChI is InChI=1S/C31H39NO6/c1-2-3-4-5-6-7-8-9-10-11-12-13-14-15-16-17-18-19-20-28(33)38-31(35)29(32)30(34)25-21-22-26-27(23-25)37-24-36-26/h3-4,6-7,9-10,12-13,15-16,18-19,21-23,29-30,34H,2,5,8,11,14,17,20,24,32H2,1H3. The van der Waals surface area contributed by atoms with Gasteiger partial charge in [-0.15, -0.1) is 0 Å². The van der Waals surface area contributed by atoms with E-state index in [1.807, 2.05) is 12.2 Å². The summed E-state index contributed by atoms with van der Waals surface area (Å²) in [7, 11) is 0. The molecule has 0 aliphatic carbocycles. The zero-order valence-electron chi connectivity index (χ0n) is 22.0. The molecule has 2 unspecified atom stereocenters. The highest BCUT2D eigenvalue weighted by Gasteiger charge is 2.28. The first-order chi connectivity index (χ1) is 18.5. The summed E-state index contributed by atoms with van der Waals surface area (Å²) < 4.78 is 15.2. The van der Waals surface area contributed by atoms with Crippen molar-refractivity contribution in [2.24, 2.45) is 5.73 Å². The minimum Gasteiger partial charge on any atom is -0.454 e. The summed E-state index contributed by atoms with van der Waals surface area (Å²) in [6.45, 7) is 2.22. The van der Waals surface area contributed by atoms with Gasteiger partial charge in [0.1, 0.15) is 12.1 Å². The first-order valence-corrected chi connectivity index (χ1v) is 13.0. The van der Waals surface area contributed by atoms with Gasteiger partial charge in [-0.25, -0.2) is 4.79 Å². The van der Waals surface area contributed by atoms with Crippen LogP contribution in [0.25, 0.3) is 0 Å². The second-order valence-electron chi connectivity index (χ2n) is 8.50. The minimum absolute atomic E-state index is 0.0662. The number of hydrogen-bond acceptors (Lipinski definition) is 7. The number of carbonyl (C=O) groups is 2. The summed E-state index contributed by atoms with van der Waals surface area (Å²) in [6.07, 6.45) is 28.8. The number of carbonyl (C=O) groups excluding carboxylic acids is 2. The van der Waals surface area contributed by atoms with Crippen LogP contribution in [-0.2, 0) is 14.3 Å². The van der Waals surface area contributed by atoms with Crippen LogP contribution in [0, 0.1) is 0 Å². The molecule has 0 bridgehead atoms. The van der Waals surface area contributed by atoms with Crippen molar-refractivity contribution in [3.05, 3.63) is 96.7 Å². The average Bonchev–Trinajstić information content (AvgIpc) is 3.39. The molecule has 1 aliphatic rings. The van der Waals surface area contributed by atoms with Crippen LogP contribution in [0.5, 0.6) is 11.5 Å². The van der Waals surface area contributed by atoms with Crippen molar-refractivity contribution < 1.29 is 28.9 Å². The van der Waals surface area contributed by atoms with Crippen LogP contribution in [0.15, 0.2) is 91.1 Å². The van der Waals surface area contributed by atoms with Gasteiger partial charge >= 0.3 is 11.9 Å². The Bertz CT molecular complexity index is 1050. The number of rotatable bonds is 16. The van der Waals surface area contributed by atoms with Crippen molar-refractivity contribution in [1.82, 2.24) is 0 Å². The number of fused-ring (bicyclic) bond motifs is 1. The molecule has 1 aliphatic heterocycles. The van der Waals surface area contributed by atoms with E-state index in [1.165, 1.54) is 0 Å². The molecule has 2 rings (SSSR count). The molecule has 0 saturated carbocycles. The highest BCUT2D eigenvalue weighted by atomic mass is 16.7. The van der Waals surface area contributed by atoms with Gasteiger partial charge in [-0.3, -0.25) is 4.79 Å². The van der Waals surface area contributed by atoms with E-state index in [1.54, 1.807) is 24.3 Å². The SMILES string of the molecule is CCC=CCC=CCC=CCC=CCC=CCC=CCC(=O)OC(=O)C(N)C(O)c1ccc2c(c1)OCO2. The lowest BCUT2D eigenvalue weighted by molar-refractivity contribution is -0.161. The summed E-state index contributed by atoms with van der Waals surface area (Å²) in [5, 5.41) is 10.4. The Morgan fingerprint density at radius 3 is 1.89 bits per heavy atom. The maximum atomic E-state index is 12.2. The molecule has 3 N–H and O–H groups in total. The van der Waals surface area contributed by atoms with Crippen LogP contribution in [0.2, 0.25) is 0 Å². The molecular weight excluding hydrogens is 482 g/mol. The van der Waals surface area contributed by atoms with Crippen molar-refractivity contribution in [3.8, 4) is 11.5 Å². The maximum absolute atomic E-state index is 12.2. The van der Waals surface area contributed by atoms with Crippen molar-refractivity contribution >= 4 is 11.9 Å². The van der Waals surface area contributed by atoms with E-state index in [2.05, 4.69) is 61.6 Å². The summed E-state index contributed by atoms with van der Waals surface area (Å²) in [6, 6.07) is 3.32. The second-order valence-corrected chi connectivity index (χ2v) is 8.50. The third-order valence-corrected chi connectivity index (χ3v) is 5.45. The van der Waals surface area contributed by atoms with E-state index in [0.717, 1.165) is 32.1 Å². The normalized spacial score (nSPS) is 15.1. The number of hydrogen-bond donors (Lipinski definition) is 2. The van der Waals surface area contributed by atoms with Crippen LogP contribution < -0.4 is 15.2 Å². The van der Waals surface area contributed by atoms with Gasteiger partial charge < -0.3 is 25.1 Å². The molecule has 2 atom stereocenters. The predicted octanol–water partition coefficient (Wildman–Crippen LogP) is 5.93. The van der Waals surface area contributed by atoms with Gasteiger partial charge in [-0.2, -0.15) is 0 Å². The van der Waals surface area contributed by atoms with Crippen LogP contribution in [-0.4, -0.2) is 29.9 Å². The predicted molar refractivity (Wildman–Crippen MR) is 149 cm³/mol. The van der Waals surface area contributed by atoms with Crippen LogP contribution in [0.4, 0.5) is 0 Å². The van der Waals surface area contributed by atoms with E-state index >= 15 is 0 Å². The monoisotopic (exact) mass is 521 g/mol. The molecule has 7 nitrogen and oxygen atoms in total. The van der Waals surface area contributed by atoms with E-state index in [9.17, 15) is 14.7 Å². The fourth-order valence-corrected chi connectivity index (χ4v) is 3.36. The van der Waals surface area contributed by atoms with Crippen molar-refractivity contribution in [1.29, 1.82) is 0 Å². The Labute approximate surface area is 225 Å². The molecule has 0 spiro atoms. The molecule has 1 heterocycles. The Morgan fingerprint density at radius 2 is 1.34 bits per heavy atom. The lowest BCUT2D eigenvalue weighted by Gasteiger charge is -2.17. The molecule has 0 amide bonds. The van der Waals surface area contributed by atoms with Crippen LogP contribution >= 0.6 is 0 Å². The fraction of sp³-hybridized carbons (Fsp3) is 0.355. The molecule has 204 valence electrons. The lowest BCUT2D eigenvalue weighted by atomic mass is 10.0. The molecule has 38 heavy (non-hydrogen) atoms. The summed E-state index contributed by atoms with van der Waals surface area (Å²) in [5.41, 5.74) is 6.16. The lowest BCUT2D eigenvalue weighted by Crippen LogP contribution is -2.39. The van der Waals surface area contributed by atoms with Crippen LogP contribution in [0.3, 0.4) is 0 Å². The first kappa shape index (κ1) is 30.5. The molecule has 0 radical (unpaired) electrons. The highest BCUT2D eigenvalue weighted by molar-refractivity contribution is 5.89. The van der Waals surface area contributed by atoms with Crippen molar-refractivity contribution in [3.63, 3.8) is 0 Å². The fourth-order valence-electron chi connectivity index (χ4n) is 3.36. The number of nitrogens with two attached hydrogens (primary N) is 1. The van der Waals surface area contributed by atoms with Gasteiger partial charge in [-0.05, 0) is 56.2 Å². The quantitative estimate of drug-likeness (QED) is 0.158. The number of esters is 2. The smallest absolute Gasteiger partial charge is 0.333 e. The van der Waals surface area contributed by atoms with Gasteiger partial charge in [0, 0.05) is 0 Å². The topological polar surface area (TPSA) is 108 Å². The van der Waals surface area contributed by atoms with E-state index in [-0.39, 0.29) is 13.2 Å². The van der Waals surface area contributed by atoms with E-state index in [0.29, 0.717) is 23.5 Å². The van der Waals surface area contributed by atoms with Gasteiger partial charge in [0.2, 0.25) is 6.79 Å². The van der Waals surface area contributed by atoms with Gasteiger partial charge in [0.05, 0.1) is 6.42 Å². The summed E-state index contributed by atoms with van der Waals surface area (Å²) >= 11 is 0. The van der Waals surface area contributed by atoms with Gasteiger partial charge in [0.15, 0.2) is 11.5 Å². The van der Waals surface area contributed by atoms with Crippen molar-refractivity contribution in [2.45, 2.75) is 64.0 Å². The molecule has 1 aromatic rings. The zero-order valence-corrected chi connectivity index (χ0v) is 22.0. The highest BCUT2D eigenvalue weighted by Crippen LogP contribution is 2.34. The van der Waals surface area contributed by atoms with Gasteiger partial charge in [0.25, 0.3) is 0 Å². The summed E-state index contributed by atoms with van der Waals surface area (Å²) in [5.74, 6) is -0.728. The Morgan fingerprint density at radius 1 is 0.842 bits per heavy atom. The first-order valence-electron chi connectivity index (χ1n) is 13.0. The Kier molecular flexibility index (Phi) is 14.9. The molecule has 1 aromatic carbocycles. The third kappa shape index (κ3) is 12.0. The van der Waals surface area contributed by atoms with E-state index < -0.39 is 24.1 Å². The summed E-state index contributed by atoms with van der Waals surface area (Å²) in [4.78, 5) is 24.1. The largest absolute Gasteiger partial charge is 0.454 e. The Balaban J connectivity index is 1.56. The molecular formula is C31H39NO6. The second kappa shape index (κ2) is 18.5. The number of aliphatic hydroxyl groups is 1. The van der Waals surface area contributed by atoms with Crippen LogP contribution in [0.1, 0.15) is 63.5 Å². The number of benzene rings is 1. The maximum Gasteiger partial charge on any atom is 0.333 e. The number of aliphatic hydroxyl groups excluding tert-OH is 1. The van der Waals surface area contributed by atoms with E-state index in [4.69, 9.17) is 19.9 Å².